The second-order valence-electron chi connectivity index (χ2n) is 5.82. The van der Waals surface area contributed by atoms with Crippen LogP contribution in [0.2, 0.25) is 5.02 Å². The van der Waals surface area contributed by atoms with Crippen molar-refractivity contribution in [2.45, 2.75) is 18.9 Å². The Balaban J connectivity index is 1.83. The molecule has 0 fully saturated rings. The summed E-state index contributed by atoms with van der Waals surface area (Å²) < 4.78 is 0. The van der Waals surface area contributed by atoms with Crippen molar-refractivity contribution in [3.05, 3.63) is 70.7 Å². The zero-order valence-corrected chi connectivity index (χ0v) is 14.4. The van der Waals surface area contributed by atoms with Crippen molar-refractivity contribution >= 4 is 17.5 Å². The molecule has 0 bridgehead atoms. The van der Waals surface area contributed by atoms with E-state index in [1.165, 1.54) is 5.56 Å². The van der Waals surface area contributed by atoms with E-state index in [-0.39, 0.29) is 11.9 Å². The zero-order chi connectivity index (χ0) is 16.7. The van der Waals surface area contributed by atoms with Gasteiger partial charge in [-0.25, -0.2) is 0 Å². The molecule has 0 radical (unpaired) electrons. The molecular formula is C19H23ClN2O. The van der Waals surface area contributed by atoms with Gasteiger partial charge in [-0.1, -0.05) is 54.1 Å². The maximum atomic E-state index is 12.1. The van der Waals surface area contributed by atoms with Gasteiger partial charge in [0.15, 0.2) is 0 Å². The van der Waals surface area contributed by atoms with Gasteiger partial charge in [0, 0.05) is 18.0 Å². The topological polar surface area (TPSA) is 32.3 Å². The molecule has 4 heteroatoms. The molecule has 1 N–H and O–H groups in total. The summed E-state index contributed by atoms with van der Waals surface area (Å²) in [5, 5.41) is 3.76. The molecule has 0 aromatic heterocycles. The van der Waals surface area contributed by atoms with Gasteiger partial charge in [-0.05, 0) is 43.8 Å². The Bertz CT molecular complexity index is 611. The number of hydrogen-bond donors (Lipinski definition) is 1. The fraction of sp³-hybridized carbons (Fsp3) is 0.316. The van der Waals surface area contributed by atoms with E-state index in [9.17, 15) is 4.79 Å². The third kappa shape index (κ3) is 5.70. The Morgan fingerprint density at radius 1 is 1.09 bits per heavy atom. The molecule has 122 valence electrons. The molecule has 1 atom stereocenters. The molecule has 1 unspecified atom stereocenters. The van der Waals surface area contributed by atoms with Crippen molar-refractivity contribution in [1.29, 1.82) is 0 Å². The highest BCUT2D eigenvalue weighted by atomic mass is 35.5. The van der Waals surface area contributed by atoms with Gasteiger partial charge < -0.3 is 10.2 Å². The number of nitrogens with zero attached hydrogens (tertiary/aromatic N) is 1. The number of carbonyl (C=O) groups excluding carboxylic acids is 1. The summed E-state index contributed by atoms with van der Waals surface area (Å²) >= 11 is 5.86. The van der Waals surface area contributed by atoms with E-state index < -0.39 is 0 Å². The predicted octanol–water partition coefficient (Wildman–Crippen LogP) is 3.69. The third-order valence-electron chi connectivity index (χ3n) is 3.85. The number of aryl methyl sites for hydroxylation is 1. The van der Waals surface area contributed by atoms with Gasteiger partial charge >= 0.3 is 0 Å². The van der Waals surface area contributed by atoms with Crippen molar-refractivity contribution in [2.75, 3.05) is 20.6 Å². The molecule has 1 amide bonds. The Hall–Kier alpha value is -1.84. The van der Waals surface area contributed by atoms with Crippen LogP contribution in [0.3, 0.4) is 0 Å². The molecule has 0 saturated heterocycles. The van der Waals surface area contributed by atoms with Crippen molar-refractivity contribution in [3.63, 3.8) is 0 Å². The maximum absolute atomic E-state index is 12.1. The zero-order valence-electron chi connectivity index (χ0n) is 13.6. The molecule has 0 spiro atoms. The lowest BCUT2D eigenvalue weighted by atomic mass is 10.1. The first-order valence-corrected chi connectivity index (χ1v) is 8.16. The van der Waals surface area contributed by atoms with E-state index in [0.29, 0.717) is 13.0 Å². The van der Waals surface area contributed by atoms with E-state index in [1.807, 2.05) is 56.6 Å². The van der Waals surface area contributed by atoms with E-state index in [4.69, 9.17) is 11.6 Å². The lowest BCUT2D eigenvalue weighted by Crippen LogP contribution is -2.34. The predicted molar refractivity (Wildman–Crippen MR) is 95.7 cm³/mol. The second kappa shape index (κ2) is 8.70. The van der Waals surface area contributed by atoms with Gasteiger partial charge in [-0.3, -0.25) is 4.79 Å². The second-order valence-corrected chi connectivity index (χ2v) is 6.26. The number of rotatable bonds is 7. The number of amides is 1. The SMILES string of the molecule is CN(C)C(CNC(=O)CCc1ccc(Cl)cc1)c1ccccc1. The average Bonchev–Trinajstić information content (AvgIpc) is 2.55. The van der Waals surface area contributed by atoms with E-state index in [0.717, 1.165) is 17.0 Å². The standard InChI is InChI=1S/C19H23ClN2O/c1-22(2)18(16-6-4-3-5-7-16)14-21-19(23)13-10-15-8-11-17(20)12-9-15/h3-9,11-12,18H,10,13-14H2,1-2H3,(H,21,23). The molecule has 0 saturated carbocycles. The average molecular weight is 331 g/mol. The minimum absolute atomic E-state index is 0.0720. The van der Waals surface area contributed by atoms with Gasteiger partial charge in [0.1, 0.15) is 0 Å². The molecule has 0 heterocycles. The van der Waals surface area contributed by atoms with Gasteiger partial charge in [-0.15, -0.1) is 0 Å². The maximum Gasteiger partial charge on any atom is 0.220 e. The van der Waals surface area contributed by atoms with Crippen molar-refractivity contribution in [3.8, 4) is 0 Å². The number of carbonyl (C=O) groups is 1. The first-order chi connectivity index (χ1) is 11.1. The highest BCUT2D eigenvalue weighted by Crippen LogP contribution is 2.17. The molecule has 2 aromatic rings. The summed E-state index contributed by atoms with van der Waals surface area (Å²) in [5.74, 6) is 0.0720. The van der Waals surface area contributed by atoms with Crippen molar-refractivity contribution in [2.24, 2.45) is 0 Å². The molecule has 3 nitrogen and oxygen atoms in total. The summed E-state index contributed by atoms with van der Waals surface area (Å²) in [7, 11) is 4.05. The molecule has 2 rings (SSSR count). The smallest absolute Gasteiger partial charge is 0.220 e. The van der Waals surface area contributed by atoms with Gasteiger partial charge in [0.2, 0.25) is 5.91 Å². The normalized spacial score (nSPS) is 12.2. The Morgan fingerprint density at radius 2 is 1.74 bits per heavy atom. The third-order valence-corrected chi connectivity index (χ3v) is 4.11. The van der Waals surface area contributed by atoms with Crippen LogP contribution in [0.4, 0.5) is 0 Å². The minimum Gasteiger partial charge on any atom is -0.354 e. The summed E-state index contributed by atoms with van der Waals surface area (Å²) in [6.45, 7) is 0.608. The first kappa shape index (κ1) is 17.5. The van der Waals surface area contributed by atoms with E-state index >= 15 is 0 Å². The number of halogens is 1. The Labute approximate surface area is 143 Å². The fourth-order valence-electron chi connectivity index (χ4n) is 2.48. The van der Waals surface area contributed by atoms with Crippen LogP contribution >= 0.6 is 11.6 Å². The van der Waals surface area contributed by atoms with Crippen LogP contribution in [0, 0.1) is 0 Å². The van der Waals surface area contributed by atoms with Crippen molar-refractivity contribution < 1.29 is 4.79 Å². The van der Waals surface area contributed by atoms with Crippen LogP contribution in [-0.4, -0.2) is 31.4 Å². The van der Waals surface area contributed by atoms with Crippen LogP contribution in [0.15, 0.2) is 54.6 Å². The summed E-state index contributed by atoms with van der Waals surface area (Å²) in [5.41, 5.74) is 2.33. The van der Waals surface area contributed by atoms with Crippen LogP contribution in [0.1, 0.15) is 23.6 Å². The number of likely N-dealkylation sites (N-methyl/N-ethyl adjacent to an activating group) is 1. The first-order valence-electron chi connectivity index (χ1n) is 7.79. The molecule has 0 aliphatic heterocycles. The Kier molecular flexibility index (Phi) is 6.63. The molecular weight excluding hydrogens is 308 g/mol. The summed E-state index contributed by atoms with van der Waals surface area (Å²) in [6, 6.07) is 18.0. The minimum atomic E-state index is 0.0720. The summed E-state index contributed by atoms with van der Waals surface area (Å²) in [6.07, 6.45) is 1.21. The van der Waals surface area contributed by atoms with Gasteiger partial charge in [-0.2, -0.15) is 0 Å². The van der Waals surface area contributed by atoms with Crippen LogP contribution in [-0.2, 0) is 11.2 Å². The highest BCUT2D eigenvalue weighted by molar-refractivity contribution is 6.30. The van der Waals surface area contributed by atoms with E-state index in [2.05, 4.69) is 22.3 Å². The largest absolute Gasteiger partial charge is 0.354 e. The summed E-state index contributed by atoms with van der Waals surface area (Å²) in [4.78, 5) is 14.2. The number of nitrogens with one attached hydrogen (secondary N) is 1. The lowest BCUT2D eigenvalue weighted by molar-refractivity contribution is -0.121. The van der Waals surface area contributed by atoms with Gasteiger partial charge in [0.25, 0.3) is 0 Å². The van der Waals surface area contributed by atoms with Crippen LogP contribution < -0.4 is 5.32 Å². The molecule has 0 aliphatic rings. The Morgan fingerprint density at radius 3 is 2.35 bits per heavy atom. The van der Waals surface area contributed by atoms with Gasteiger partial charge in [0.05, 0.1) is 6.04 Å². The lowest BCUT2D eigenvalue weighted by Gasteiger charge is -2.25. The molecule has 0 aliphatic carbocycles. The van der Waals surface area contributed by atoms with E-state index in [1.54, 1.807) is 0 Å². The molecule has 2 aromatic carbocycles. The quantitative estimate of drug-likeness (QED) is 0.839. The van der Waals surface area contributed by atoms with Crippen LogP contribution in [0.5, 0.6) is 0 Å². The fourth-order valence-corrected chi connectivity index (χ4v) is 2.61. The molecule has 23 heavy (non-hydrogen) atoms. The number of hydrogen-bond acceptors (Lipinski definition) is 2. The highest BCUT2D eigenvalue weighted by Gasteiger charge is 2.14. The number of benzene rings is 2. The van der Waals surface area contributed by atoms with Crippen LogP contribution in [0.25, 0.3) is 0 Å². The monoisotopic (exact) mass is 330 g/mol. The van der Waals surface area contributed by atoms with Crippen molar-refractivity contribution in [1.82, 2.24) is 10.2 Å².